The summed E-state index contributed by atoms with van der Waals surface area (Å²) in [4.78, 5) is 4.06. The molecule has 0 spiro atoms. The smallest absolute Gasteiger partial charge is 0.114 e. The van der Waals surface area contributed by atoms with Gasteiger partial charge in [0, 0.05) is 0 Å². The first-order chi connectivity index (χ1) is 2.89. The molecule has 0 radical (unpaired) electrons. The molecule has 1 heterocycles. The van der Waals surface area contributed by atoms with Crippen LogP contribution in [0.2, 0.25) is 0 Å². The molecule has 0 aliphatic rings. The third kappa shape index (κ3) is 0.466. The van der Waals surface area contributed by atoms with Gasteiger partial charge in [-0.25, -0.2) is 0 Å². The predicted molar refractivity (Wildman–Crippen MR) is 19.7 cm³/mol. The predicted octanol–water partition coefficient (Wildman–Crippen LogP) is 0.0955. The highest BCUT2D eigenvalue weighted by atomic mass is 31.0. The van der Waals surface area contributed by atoms with E-state index in [-0.39, 0.29) is 0 Å². The van der Waals surface area contributed by atoms with Crippen LogP contribution in [0.4, 0.5) is 0 Å². The van der Waals surface area contributed by atoms with E-state index in [1.54, 1.807) is 0 Å². The van der Waals surface area contributed by atoms with Gasteiger partial charge in [0.2, 0.25) is 0 Å². The van der Waals surface area contributed by atoms with Crippen LogP contribution in [0.5, 0.6) is 0 Å². The van der Waals surface area contributed by atoms with Crippen LogP contribution in [0.1, 0.15) is 0 Å². The Balaban J connectivity index is 3.05. The van der Waals surface area contributed by atoms with Gasteiger partial charge in [-0.2, -0.15) is 0 Å². The Morgan fingerprint density at radius 1 is 1.83 bits per heavy atom. The highest BCUT2D eigenvalue weighted by Crippen LogP contribution is 1.88. The molecule has 0 fully saturated rings. The average Bonchev–Trinajstić information content (AvgIpc) is 1.86. The lowest BCUT2D eigenvalue weighted by molar-refractivity contribution is 0.143. The van der Waals surface area contributed by atoms with Crippen molar-refractivity contribution in [1.29, 1.82) is 0 Å². The average molecular weight is 103 g/mol. The third-order valence-electron chi connectivity index (χ3n) is 0.338. The van der Waals surface area contributed by atoms with Gasteiger partial charge in [0.05, 0.1) is 8.35 Å². The van der Waals surface area contributed by atoms with Crippen molar-refractivity contribution in [3.63, 3.8) is 0 Å². The number of nitrogens with zero attached hydrogens (tertiary/aromatic N) is 3. The minimum atomic E-state index is 0.682. The van der Waals surface area contributed by atoms with Gasteiger partial charge in [-0.15, -0.1) is 4.86 Å². The number of hydrogen-bond acceptors (Lipinski definition) is 3. The summed E-state index contributed by atoms with van der Waals surface area (Å²) in [6.07, 6.45) is 0. The molecule has 1 N–H and O–H groups in total. The number of rotatable bonds is 0. The summed E-state index contributed by atoms with van der Waals surface area (Å²) in [7, 11) is 0.695. The fourth-order valence-corrected chi connectivity index (χ4v) is 0.469. The molecule has 0 bridgehead atoms. The molecule has 5 heteroatoms. The van der Waals surface area contributed by atoms with Gasteiger partial charge in [-0.1, -0.05) is 4.85 Å². The molecule has 1 aromatic heterocycles. The second-order valence-corrected chi connectivity index (χ2v) is 1.37. The Morgan fingerprint density at radius 3 is 2.83 bits per heavy atom. The van der Waals surface area contributed by atoms with Crippen LogP contribution in [-0.2, 0) is 0 Å². The van der Waals surface area contributed by atoms with Crippen molar-refractivity contribution in [3.8, 4) is 0 Å². The summed E-state index contributed by atoms with van der Waals surface area (Å²) in [6, 6.07) is 0. The zero-order chi connectivity index (χ0) is 4.41. The van der Waals surface area contributed by atoms with E-state index in [0.717, 1.165) is 0 Å². The summed E-state index contributed by atoms with van der Waals surface area (Å²) >= 11 is 0. The van der Waals surface area contributed by atoms with Gasteiger partial charge >= 0.3 is 0 Å². The van der Waals surface area contributed by atoms with E-state index in [2.05, 4.69) is 10.1 Å². The van der Waals surface area contributed by atoms with Crippen LogP contribution in [-0.4, -0.2) is 20.1 Å². The van der Waals surface area contributed by atoms with E-state index in [9.17, 15) is 0 Å². The van der Waals surface area contributed by atoms with Crippen molar-refractivity contribution < 1.29 is 5.21 Å². The van der Waals surface area contributed by atoms with Gasteiger partial charge in [0.25, 0.3) is 0 Å². The monoisotopic (exact) mass is 103 g/mol. The maximum Gasteiger partial charge on any atom is 0.114 e. The Morgan fingerprint density at radius 2 is 2.67 bits per heavy atom. The molecule has 0 atom stereocenters. The zero-order valence-corrected chi connectivity index (χ0v) is 3.71. The van der Waals surface area contributed by atoms with E-state index in [1.165, 1.54) is 5.93 Å². The Hall–Kier alpha value is -0.630. The molecule has 6 heavy (non-hydrogen) atoms. The van der Waals surface area contributed by atoms with E-state index in [1.807, 2.05) is 0 Å². The molecule has 0 aliphatic carbocycles. The molecule has 4 nitrogen and oxygen atoms in total. The normalized spacial score (nSPS) is 10.0. The fourth-order valence-electron chi connectivity index (χ4n) is 0.156. The summed E-state index contributed by atoms with van der Waals surface area (Å²) < 4.78 is 0. The first kappa shape index (κ1) is 3.56. The van der Waals surface area contributed by atoms with E-state index in [0.29, 0.717) is 13.2 Å². The summed E-state index contributed by atoms with van der Waals surface area (Å²) in [5.74, 6) is 1.43. The summed E-state index contributed by atoms with van der Waals surface area (Å²) in [6.45, 7) is 0. The topological polar surface area (TPSA) is 50.9 Å². The van der Waals surface area contributed by atoms with Crippen molar-refractivity contribution in [2.45, 2.75) is 0 Å². The van der Waals surface area contributed by atoms with Gasteiger partial charge < -0.3 is 5.21 Å². The fraction of sp³-hybridized carbons (Fsp3) is 0. The Bertz CT molecular complexity index is 114. The second-order valence-electron chi connectivity index (χ2n) is 0.730. The minimum absolute atomic E-state index is 0.682. The molecular weight excluding hydrogens is 101 g/mol. The molecule has 0 amide bonds. The van der Waals surface area contributed by atoms with E-state index >= 15 is 0 Å². The summed E-state index contributed by atoms with van der Waals surface area (Å²) in [5, 5.41) is 11.4. The van der Waals surface area contributed by atoms with Crippen molar-refractivity contribution in [1.82, 2.24) is 14.9 Å². The molecule has 0 aromatic carbocycles. The Labute approximate surface area is 35.5 Å². The Kier molecular flexibility index (Phi) is 0.725. The minimum Gasteiger partial charge on any atom is -0.410 e. The maximum absolute atomic E-state index is 8.24. The molecular formula is CH2N3OP. The molecule has 0 saturated heterocycles. The van der Waals surface area contributed by atoms with Crippen molar-refractivity contribution >= 4 is 8.35 Å². The van der Waals surface area contributed by atoms with Crippen LogP contribution in [0.15, 0.2) is 5.93 Å². The van der Waals surface area contributed by atoms with Crippen LogP contribution in [0.25, 0.3) is 0 Å². The zero-order valence-electron chi connectivity index (χ0n) is 2.81. The van der Waals surface area contributed by atoms with E-state index in [4.69, 9.17) is 5.21 Å². The lowest BCUT2D eigenvalue weighted by Crippen LogP contribution is -1.88. The van der Waals surface area contributed by atoms with E-state index < -0.39 is 0 Å². The summed E-state index contributed by atoms with van der Waals surface area (Å²) in [5.41, 5.74) is 0. The van der Waals surface area contributed by atoms with Crippen LogP contribution < -0.4 is 0 Å². The van der Waals surface area contributed by atoms with Crippen LogP contribution in [0.3, 0.4) is 0 Å². The van der Waals surface area contributed by atoms with Gasteiger partial charge in [-0.05, 0) is 5.21 Å². The lowest BCUT2D eigenvalue weighted by Gasteiger charge is -1.73. The highest BCUT2D eigenvalue weighted by Gasteiger charge is 1.75. The lowest BCUT2D eigenvalue weighted by atomic mass is 11.6. The molecule has 32 valence electrons. The SMILES string of the molecule is On1cpnn1. The molecule has 1 aromatic rings. The van der Waals surface area contributed by atoms with Crippen molar-refractivity contribution in [2.75, 3.05) is 0 Å². The quantitative estimate of drug-likeness (QED) is 0.473. The first-order valence-corrected chi connectivity index (χ1v) is 2.23. The number of hydrogen-bond donors (Lipinski definition) is 1. The van der Waals surface area contributed by atoms with Gasteiger partial charge in [0.15, 0.2) is 0 Å². The standard InChI is InChI=1S/CH2N3OP/c5-4-1-6-3-2-4/h1,5H. The molecule has 0 saturated carbocycles. The molecule has 1 rings (SSSR count). The first-order valence-electron chi connectivity index (χ1n) is 1.32. The van der Waals surface area contributed by atoms with Crippen molar-refractivity contribution in [3.05, 3.63) is 5.93 Å². The highest BCUT2D eigenvalue weighted by molar-refractivity contribution is 7.24. The largest absolute Gasteiger partial charge is 0.410 e. The van der Waals surface area contributed by atoms with Gasteiger partial charge in [0.1, 0.15) is 5.93 Å². The number of aromatic nitrogens is 3. The molecule has 0 unspecified atom stereocenters. The van der Waals surface area contributed by atoms with Crippen molar-refractivity contribution in [2.24, 2.45) is 0 Å². The molecule has 0 aliphatic heterocycles. The third-order valence-corrected chi connectivity index (χ3v) is 0.831. The second kappa shape index (κ2) is 1.22. The van der Waals surface area contributed by atoms with Crippen LogP contribution in [0, 0.1) is 0 Å². The van der Waals surface area contributed by atoms with Crippen LogP contribution >= 0.6 is 8.35 Å². The van der Waals surface area contributed by atoms with Gasteiger partial charge in [-0.3, -0.25) is 0 Å². The maximum atomic E-state index is 8.24.